The number of benzene rings is 1. The number of carbonyl (C=O) groups is 3. The first-order valence-electron chi connectivity index (χ1n) is 15.5. The molecule has 1 N–H and O–H groups in total. The minimum absolute atomic E-state index is 0.142. The number of fused-ring (bicyclic) bond motifs is 2. The lowest BCUT2D eigenvalue weighted by Crippen LogP contribution is -2.46. The summed E-state index contributed by atoms with van der Waals surface area (Å²) in [5.74, 6) is 0.260. The number of pyridine rings is 1. The molecule has 4 heterocycles. The Bertz CT molecular complexity index is 1890. The van der Waals surface area contributed by atoms with Gasteiger partial charge in [0, 0.05) is 41.7 Å². The molecular formula is C35H36BrN7O4. The van der Waals surface area contributed by atoms with Crippen molar-refractivity contribution in [1.29, 1.82) is 0 Å². The molecule has 0 spiro atoms. The van der Waals surface area contributed by atoms with Gasteiger partial charge < -0.3 is 15.0 Å². The number of halogens is 1. The lowest BCUT2D eigenvalue weighted by Gasteiger charge is -2.27. The minimum atomic E-state index is -0.725. The predicted octanol–water partition coefficient (Wildman–Crippen LogP) is 5.48. The van der Waals surface area contributed by atoms with E-state index < -0.39 is 6.04 Å². The Kier molecular flexibility index (Phi) is 9.16. The van der Waals surface area contributed by atoms with Crippen LogP contribution in [-0.2, 0) is 27.3 Å². The number of aromatic nitrogens is 5. The second-order valence-corrected chi connectivity index (χ2v) is 13.0. The maximum atomic E-state index is 14.3. The first-order chi connectivity index (χ1) is 22.6. The summed E-state index contributed by atoms with van der Waals surface area (Å²) in [6, 6.07) is 8.31. The zero-order valence-electron chi connectivity index (χ0n) is 26.4. The number of nitrogens with one attached hydrogen (secondary N) is 1. The monoisotopic (exact) mass is 697 g/mol. The number of amides is 2. The van der Waals surface area contributed by atoms with Crippen molar-refractivity contribution in [1.82, 2.24) is 29.6 Å². The van der Waals surface area contributed by atoms with Crippen molar-refractivity contribution in [3.63, 3.8) is 0 Å². The van der Waals surface area contributed by atoms with Crippen LogP contribution in [-0.4, -0.2) is 72.5 Å². The summed E-state index contributed by atoms with van der Waals surface area (Å²) in [4.78, 5) is 55.6. The molecule has 3 atom stereocenters. The van der Waals surface area contributed by atoms with E-state index in [2.05, 4.69) is 49.4 Å². The van der Waals surface area contributed by atoms with E-state index in [4.69, 9.17) is 9.84 Å². The van der Waals surface area contributed by atoms with Crippen molar-refractivity contribution in [2.45, 2.75) is 58.2 Å². The van der Waals surface area contributed by atoms with Gasteiger partial charge in [-0.15, -0.1) is 13.2 Å². The van der Waals surface area contributed by atoms with Crippen LogP contribution in [0.25, 0.3) is 22.0 Å². The second-order valence-electron chi connectivity index (χ2n) is 12.2. The van der Waals surface area contributed by atoms with E-state index in [0.717, 1.165) is 23.1 Å². The summed E-state index contributed by atoms with van der Waals surface area (Å²) in [7, 11) is 0. The predicted molar refractivity (Wildman–Crippen MR) is 182 cm³/mol. The van der Waals surface area contributed by atoms with Gasteiger partial charge in [0.25, 0.3) is 0 Å². The number of aryl methyl sites for hydroxylation is 2. The Morgan fingerprint density at radius 3 is 2.62 bits per heavy atom. The van der Waals surface area contributed by atoms with Crippen LogP contribution in [0.2, 0.25) is 0 Å². The highest BCUT2D eigenvalue weighted by atomic mass is 79.9. The molecule has 4 aromatic rings. The number of ether oxygens (including phenoxy) is 1. The molecule has 2 amide bonds. The van der Waals surface area contributed by atoms with E-state index >= 15 is 0 Å². The van der Waals surface area contributed by atoms with Gasteiger partial charge in [-0.3, -0.25) is 19.1 Å². The fourth-order valence-electron chi connectivity index (χ4n) is 6.60. The molecule has 3 aromatic heterocycles. The van der Waals surface area contributed by atoms with E-state index in [1.165, 1.54) is 6.92 Å². The minimum Gasteiger partial charge on any atom is -0.377 e. The van der Waals surface area contributed by atoms with Crippen molar-refractivity contribution in [3.8, 4) is 11.1 Å². The summed E-state index contributed by atoms with van der Waals surface area (Å²) >= 11 is 3.34. The average molecular weight is 699 g/mol. The third-order valence-corrected chi connectivity index (χ3v) is 9.32. The summed E-state index contributed by atoms with van der Waals surface area (Å²) in [6.45, 7) is 11.6. The largest absolute Gasteiger partial charge is 0.377 e. The molecule has 0 radical (unpaired) electrons. The average Bonchev–Trinajstić information content (AvgIpc) is 3.45. The number of piperidine rings is 1. The molecule has 1 aliphatic heterocycles. The second kappa shape index (κ2) is 13.3. The van der Waals surface area contributed by atoms with Crippen LogP contribution in [0.4, 0.5) is 5.82 Å². The number of rotatable bonds is 13. The van der Waals surface area contributed by atoms with Crippen molar-refractivity contribution >= 4 is 50.2 Å². The molecule has 2 fully saturated rings. The van der Waals surface area contributed by atoms with Crippen LogP contribution in [0.1, 0.15) is 48.1 Å². The number of likely N-dealkylation sites (tertiary alicyclic amines) is 1. The number of allylic oxidation sites excluding steroid dienone is 1. The van der Waals surface area contributed by atoms with Gasteiger partial charge in [-0.05, 0) is 83.9 Å². The SMILES string of the molecule is C=CCCc1cc(-c2cnc(C)nc2)cc2c(C(C)=O)nn(CC(=O)N3[C@H](C(=O)Nc4cccc(Br)n4)C[C@@]4(COCC=C)C[C@@H]34)c12. The smallest absolute Gasteiger partial charge is 0.248 e. The molecule has 2 aliphatic rings. The van der Waals surface area contributed by atoms with Gasteiger partial charge in [-0.25, -0.2) is 15.0 Å². The van der Waals surface area contributed by atoms with E-state index in [0.29, 0.717) is 59.6 Å². The van der Waals surface area contributed by atoms with Crippen LogP contribution >= 0.6 is 15.9 Å². The Hall–Kier alpha value is -4.55. The number of Topliss-reactive ketones (excluding diaryl/α,β-unsaturated/α-hetero) is 1. The molecule has 1 saturated carbocycles. The normalized spacial score (nSPS) is 19.8. The van der Waals surface area contributed by atoms with E-state index in [9.17, 15) is 14.4 Å². The third-order valence-electron chi connectivity index (χ3n) is 8.87. The van der Waals surface area contributed by atoms with Gasteiger partial charge >= 0.3 is 0 Å². The van der Waals surface area contributed by atoms with Gasteiger partial charge in [0.1, 0.15) is 34.5 Å². The molecule has 11 nitrogen and oxygen atoms in total. The number of hydrogen-bond acceptors (Lipinski definition) is 8. The summed E-state index contributed by atoms with van der Waals surface area (Å²) in [6.07, 6.45) is 9.54. The topological polar surface area (TPSA) is 132 Å². The Morgan fingerprint density at radius 2 is 1.91 bits per heavy atom. The Morgan fingerprint density at radius 1 is 1.13 bits per heavy atom. The van der Waals surface area contributed by atoms with Gasteiger partial charge in [0.15, 0.2) is 5.78 Å². The van der Waals surface area contributed by atoms with Crippen molar-refractivity contribution < 1.29 is 19.1 Å². The van der Waals surface area contributed by atoms with Crippen LogP contribution < -0.4 is 5.32 Å². The van der Waals surface area contributed by atoms with Gasteiger partial charge in [-0.1, -0.05) is 18.2 Å². The highest BCUT2D eigenvalue weighted by Crippen LogP contribution is 2.60. The standard InChI is InChI=1S/C35H36BrN7O4/c1-5-7-9-23-13-24(25-17-37-22(4)38-18-25)14-26-32(21(3)44)41-42(33(23)26)19-31(45)43-27(15-35(16-28(35)43)20-47-12-6-2)34(46)40-30-11-8-10-29(36)39-30/h5-6,8,10-11,13-14,17-18,27-28H,1-2,7,9,12,15-16,19-20H2,3-4H3,(H,39,40,46)/t27-,28+,35-/m0/s1. The maximum absolute atomic E-state index is 14.3. The molecular weight excluding hydrogens is 662 g/mol. The summed E-state index contributed by atoms with van der Waals surface area (Å²) in [5.41, 5.74) is 3.24. The molecule has 0 unspecified atom stereocenters. The highest BCUT2D eigenvalue weighted by Gasteiger charge is 2.67. The first kappa shape index (κ1) is 32.4. The van der Waals surface area contributed by atoms with Crippen LogP contribution in [0.5, 0.6) is 0 Å². The number of nitrogens with zero attached hydrogens (tertiary/aromatic N) is 6. The number of hydrogen-bond donors (Lipinski definition) is 1. The molecule has 0 bridgehead atoms. The fourth-order valence-corrected chi connectivity index (χ4v) is 6.94. The molecule has 1 saturated heterocycles. The zero-order valence-corrected chi connectivity index (χ0v) is 28.0. The van der Waals surface area contributed by atoms with E-state index in [1.807, 2.05) is 25.1 Å². The van der Waals surface area contributed by atoms with E-state index in [-0.39, 0.29) is 41.3 Å². The fraction of sp³-hybridized carbons (Fsp3) is 0.343. The first-order valence-corrected chi connectivity index (χ1v) is 16.3. The quantitative estimate of drug-likeness (QED) is 0.0841. The number of carbonyl (C=O) groups excluding carboxylic acids is 3. The lowest BCUT2D eigenvalue weighted by molar-refractivity contribution is -0.138. The number of ketones is 1. The highest BCUT2D eigenvalue weighted by molar-refractivity contribution is 9.10. The molecule has 1 aliphatic carbocycles. The molecule has 6 rings (SSSR count). The van der Waals surface area contributed by atoms with E-state index in [1.54, 1.807) is 46.3 Å². The van der Waals surface area contributed by atoms with Gasteiger partial charge in [0.2, 0.25) is 11.8 Å². The van der Waals surface area contributed by atoms with Crippen LogP contribution in [0, 0.1) is 12.3 Å². The molecule has 242 valence electrons. The lowest BCUT2D eigenvalue weighted by atomic mass is 9.97. The zero-order chi connectivity index (χ0) is 33.3. The van der Waals surface area contributed by atoms with Crippen molar-refractivity contribution in [2.24, 2.45) is 5.41 Å². The van der Waals surface area contributed by atoms with Crippen LogP contribution in [0.3, 0.4) is 0 Å². The third kappa shape index (κ3) is 6.52. The maximum Gasteiger partial charge on any atom is 0.248 e. The summed E-state index contributed by atoms with van der Waals surface area (Å²) in [5, 5.41) is 8.23. The van der Waals surface area contributed by atoms with Gasteiger partial charge in [-0.2, -0.15) is 5.10 Å². The summed E-state index contributed by atoms with van der Waals surface area (Å²) < 4.78 is 8.04. The van der Waals surface area contributed by atoms with Crippen LogP contribution in [0.15, 0.2) is 72.6 Å². The Balaban J connectivity index is 1.36. The molecule has 47 heavy (non-hydrogen) atoms. The van der Waals surface area contributed by atoms with Gasteiger partial charge in [0.05, 0.1) is 18.7 Å². The molecule has 1 aromatic carbocycles. The van der Waals surface area contributed by atoms with Crippen molar-refractivity contribution in [2.75, 3.05) is 18.5 Å². The van der Waals surface area contributed by atoms with Crippen molar-refractivity contribution in [3.05, 3.63) is 89.7 Å². The molecule has 12 heteroatoms. The Labute approximate surface area is 281 Å². The number of anilines is 1.